The second-order valence-corrected chi connectivity index (χ2v) is 2.72. The van der Waals surface area contributed by atoms with Gasteiger partial charge in [0.15, 0.2) is 0 Å². The number of benzene rings is 1. The van der Waals surface area contributed by atoms with Gasteiger partial charge in [0.05, 0.1) is 16.6 Å². The zero-order valence-electron chi connectivity index (χ0n) is 6.23. The molecule has 2 nitrogen and oxygen atoms in total. The van der Waals surface area contributed by atoms with Gasteiger partial charge in [-0.3, -0.25) is 0 Å². The maximum Gasteiger partial charge on any atom is 0.133 e. The Balaban J connectivity index is 3.43. The summed E-state index contributed by atoms with van der Waals surface area (Å²) in [6.45, 7) is 1.59. The van der Waals surface area contributed by atoms with Gasteiger partial charge in [-0.05, 0) is 18.6 Å². The maximum atomic E-state index is 12.8. The van der Waals surface area contributed by atoms with Crippen LogP contribution in [0.25, 0.3) is 0 Å². The summed E-state index contributed by atoms with van der Waals surface area (Å²) in [5.41, 5.74) is -0.0612. The Morgan fingerprint density at radius 3 is 2.58 bits per heavy atom. The molecular formula is C8H5ClFO2-. The fourth-order valence-electron chi connectivity index (χ4n) is 0.844. The zero-order valence-corrected chi connectivity index (χ0v) is 6.98. The lowest BCUT2D eigenvalue weighted by Crippen LogP contribution is -2.24. The van der Waals surface area contributed by atoms with Gasteiger partial charge in [0, 0.05) is 0 Å². The van der Waals surface area contributed by atoms with Crippen LogP contribution in [0.1, 0.15) is 15.9 Å². The van der Waals surface area contributed by atoms with Crippen LogP contribution in [0.4, 0.5) is 4.39 Å². The molecule has 0 saturated carbocycles. The molecular weight excluding hydrogens is 183 g/mol. The largest absolute Gasteiger partial charge is 0.545 e. The van der Waals surface area contributed by atoms with E-state index in [1.165, 1.54) is 6.07 Å². The summed E-state index contributed by atoms with van der Waals surface area (Å²) in [5, 5.41) is 10.3. The molecule has 0 atom stereocenters. The number of carboxylic acids is 1. The molecule has 12 heavy (non-hydrogen) atoms. The third kappa shape index (κ3) is 1.41. The van der Waals surface area contributed by atoms with E-state index in [0.29, 0.717) is 5.56 Å². The quantitative estimate of drug-likeness (QED) is 0.662. The van der Waals surface area contributed by atoms with Crippen LogP contribution < -0.4 is 5.11 Å². The van der Waals surface area contributed by atoms with Crippen molar-refractivity contribution >= 4 is 17.6 Å². The Labute approximate surface area is 73.6 Å². The predicted octanol–water partition coefficient (Wildman–Crippen LogP) is 1.15. The second kappa shape index (κ2) is 3.11. The van der Waals surface area contributed by atoms with Gasteiger partial charge in [-0.2, -0.15) is 0 Å². The second-order valence-electron chi connectivity index (χ2n) is 2.34. The van der Waals surface area contributed by atoms with Gasteiger partial charge in [0.25, 0.3) is 0 Å². The molecule has 1 aromatic rings. The lowest BCUT2D eigenvalue weighted by Gasteiger charge is -2.08. The topological polar surface area (TPSA) is 40.1 Å². The Bertz CT molecular complexity index is 336. The number of aryl methyl sites for hydroxylation is 1. The van der Waals surface area contributed by atoms with Gasteiger partial charge in [0.1, 0.15) is 5.82 Å². The van der Waals surface area contributed by atoms with Crippen LogP contribution >= 0.6 is 11.6 Å². The SMILES string of the molecule is Cc1ccc(F)c(C(=O)[O-])c1Cl. The highest BCUT2D eigenvalue weighted by atomic mass is 35.5. The first-order valence-corrected chi connectivity index (χ1v) is 3.57. The molecule has 0 heterocycles. The molecule has 4 heteroatoms. The average molecular weight is 188 g/mol. The molecule has 0 fully saturated rings. The van der Waals surface area contributed by atoms with Crippen LogP contribution in [0.3, 0.4) is 0 Å². The summed E-state index contributed by atoms with van der Waals surface area (Å²) < 4.78 is 12.8. The van der Waals surface area contributed by atoms with Crippen molar-refractivity contribution < 1.29 is 14.3 Å². The van der Waals surface area contributed by atoms with Gasteiger partial charge < -0.3 is 9.90 Å². The molecule has 0 aliphatic rings. The number of hydrogen-bond donors (Lipinski definition) is 0. The van der Waals surface area contributed by atoms with Crippen molar-refractivity contribution in [1.82, 2.24) is 0 Å². The first-order valence-electron chi connectivity index (χ1n) is 3.20. The van der Waals surface area contributed by atoms with Crippen molar-refractivity contribution in [1.29, 1.82) is 0 Å². The van der Waals surface area contributed by atoms with E-state index in [4.69, 9.17) is 11.6 Å². The van der Waals surface area contributed by atoms with Gasteiger partial charge >= 0.3 is 0 Å². The third-order valence-corrected chi connectivity index (χ3v) is 1.98. The van der Waals surface area contributed by atoms with E-state index in [9.17, 15) is 14.3 Å². The van der Waals surface area contributed by atoms with Crippen LogP contribution in [0.2, 0.25) is 5.02 Å². The van der Waals surface area contributed by atoms with Crippen LogP contribution in [0.15, 0.2) is 12.1 Å². The minimum absolute atomic E-state index is 0.102. The van der Waals surface area contributed by atoms with E-state index in [1.807, 2.05) is 0 Å². The molecule has 1 rings (SSSR count). The van der Waals surface area contributed by atoms with Crippen LogP contribution in [0, 0.1) is 12.7 Å². The molecule has 0 saturated heterocycles. The molecule has 0 unspecified atom stereocenters. The Kier molecular flexibility index (Phi) is 2.33. The molecule has 0 aliphatic heterocycles. The average Bonchev–Trinajstić information content (AvgIpc) is 1.97. The Morgan fingerprint density at radius 2 is 2.17 bits per heavy atom. The molecule has 0 aliphatic carbocycles. The summed E-state index contributed by atoms with van der Waals surface area (Å²) in [6.07, 6.45) is 0. The lowest BCUT2D eigenvalue weighted by molar-refractivity contribution is -0.255. The van der Waals surface area contributed by atoms with Crippen molar-refractivity contribution in [3.05, 3.63) is 34.1 Å². The third-order valence-electron chi connectivity index (χ3n) is 1.49. The van der Waals surface area contributed by atoms with Crippen molar-refractivity contribution in [3.8, 4) is 0 Å². The number of hydrogen-bond acceptors (Lipinski definition) is 2. The summed E-state index contributed by atoms with van der Waals surface area (Å²) in [4.78, 5) is 10.4. The highest BCUT2D eigenvalue weighted by Gasteiger charge is 2.09. The highest BCUT2D eigenvalue weighted by molar-refractivity contribution is 6.34. The number of halogens is 2. The normalized spacial score (nSPS) is 9.92. The number of carbonyl (C=O) groups is 1. The Hall–Kier alpha value is -1.09. The van der Waals surface area contributed by atoms with Crippen molar-refractivity contribution in [3.63, 3.8) is 0 Å². The van der Waals surface area contributed by atoms with Crippen LogP contribution in [-0.2, 0) is 0 Å². The van der Waals surface area contributed by atoms with E-state index in [1.54, 1.807) is 6.92 Å². The van der Waals surface area contributed by atoms with Crippen LogP contribution in [0.5, 0.6) is 0 Å². The van der Waals surface area contributed by atoms with Gasteiger partial charge in [-0.25, -0.2) is 4.39 Å². The molecule has 0 amide bonds. The Morgan fingerprint density at radius 1 is 1.58 bits per heavy atom. The lowest BCUT2D eigenvalue weighted by atomic mass is 10.1. The molecule has 1 aromatic carbocycles. The predicted molar refractivity (Wildman–Crippen MR) is 40.5 cm³/mol. The molecule has 0 N–H and O–H groups in total. The van der Waals surface area contributed by atoms with Gasteiger partial charge in [0.2, 0.25) is 0 Å². The van der Waals surface area contributed by atoms with Crippen molar-refractivity contribution in [2.75, 3.05) is 0 Å². The number of carbonyl (C=O) groups excluding carboxylic acids is 1. The van der Waals surface area contributed by atoms with E-state index in [0.717, 1.165) is 6.07 Å². The van der Waals surface area contributed by atoms with Crippen molar-refractivity contribution in [2.45, 2.75) is 6.92 Å². The van der Waals surface area contributed by atoms with Gasteiger partial charge in [-0.1, -0.05) is 17.7 Å². The van der Waals surface area contributed by atoms with Crippen molar-refractivity contribution in [2.24, 2.45) is 0 Å². The monoisotopic (exact) mass is 187 g/mol. The number of rotatable bonds is 1. The van der Waals surface area contributed by atoms with E-state index < -0.39 is 17.3 Å². The smallest absolute Gasteiger partial charge is 0.133 e. The first-order chi connectivity index (χ1) is 5.54. The molecule has 0 aromatic heterocycles. The number of aromatic carboxylic acids is 1. The summed E-state index contributed by atoms with van der Waals surface area (Å²) in [5.74, 6) is -2.47. The zero-order chi connectivity index (χ0) is 9.30. The fraction of sp³-hybridized carbons (Fsp3) is 0.125. The van der Waals surface area contributed by atoms with E-state index >= 15 is 0 Å². The van der Waals surface area contributed by atoms with Crippen LogP contribution in [-0.4, -0.2) is 5.97 Å². The minimum Gasteiger partial charge on any atom is -0.545 e. The molecule has 64 valence electrons. The van der Waals surface area contributed by atoms with E-state index in [2.05, 4.69) is 0 Å². The minimum atomic E-state index is -1.60. The molecule has 0 bridgehead atoms. The van der Waals surface area contributed by atoms with Gasteiger partial charge in [-0.15, -0.1) is 0 Å². The fourth-order valence-corrected chi connectivity index (χ4v) is 1.07. The summed E-state index contributed by atoms with van der Waals surface area (Å²) in [6, 6.07) is 2.45. The highest BCUT2D eigenvalue weighted by Crippen LogP contribution is 2.22. The summed E-state index contributed by atoms with van der Waals surface area (Å²) >= 11 is 5.53. The summed E-state index contributed by atoms with van der Waals surface area (Å²) in [7, 11) is 0. The van der Waals surface area contributed by atoms with E-state index in [-0.39, 0.29) is 5.02 Å². The number of carboxylic acid groups (broad SMARTS) is 1. The standard InChI is InChI=1S/C8H6ClFO2/c1-4-2-3-5(10)6(7(4)9)8(11)12/h2-3H,1H3,(H,11,12)/p-1. The molecule has 0 radical (unpaired) electrons. The molecule has 0 spiro atoms. The first kappa shape index (κ1) is 9.00. The maximum absolute atomic E-state index is 12.8.